The van der Waals surface area contributed by atoms with E-state index in [1.54, 1.807) is 11.8 Å². The summed E-state index contributed by atoms with van der Waals surface area (Å²) in [5.41, 5.74) is 5.29. The molecule has 0 bridgehead atoms. The second kappa shape index (κ2) is 14.0. The first-order valence-corrected chi connectivity index (χ1v) is 16.3. The summed E-state index contributed by atoms with van der Waals surface area (Å²) in [6.07, 6.45) is 0.715. The molecule has 236 valence electrons. The average molecular weight is 647 g/mol. The molecule has 0 spiro atoms. The Hall–Kier alpha value is -3.95. The molecule has 0 fully saturated rings. The van der Waals surface area contributed by atoms with E-state index in [0.717, 1.165) is 16.7 Å². The van der Waals surface area contributed by atoms with Crippen LogP contribution in [0.1, 0.15) is 69.3 Å². The molecule has 1 unspecified atom stereocenters. The van der Waals surface area contributed by atoms with Crippen molar-refractivity contribution in [3.63, 3.8) is 0 Å². The molecule has 0 saturated heterocycles. The third-order valence-corrected chi connectivity index (χ3v) is 8.78. The summed E-state index contributed by atoms with van der Waals surface area (Å²) in [7, 11) is 1.61. The van der Waals surface area contributed by atoms with Gasteiger partial charge in [0.1, 0.15) is 12.6 Å². The zero-order chi connectivity index (χ0) is 32.1. The number of carbonyl (C=O) groups excluding carboxylic acids is 1. The van der Waals surface area contributed by atoms with E-state index in [9.17, 15) is 4.79 Å². The average Bonchev–Trinajstić information content (AvgIpc) is 3.43. The lowest BCUT2D eigenvalue weighted by Gasteiger charge is -2.28. The van der Waals surface area contributed by atoms with Crippen molar-refractivity contribution in [1.29, 1.82) is 0 Å². The number of allylic oxidation sites excluding steroid dienone is 1. The molecule has 0 saturated carbocycles. The van der Waals surface area contributed by atoms with Crippen LogP contribution >= 0.6 is 23.4 Å². The topological polar surface area (TPSA) is 87.5 Å². The summed E-state index contributed by atoms with van der Waals surface area (Å²) in [6.45, 7) is 11.1. The SMILES string of the molecule is CCCOC(=O)C1=C(C)Nc2nc(SCc3ccccc3Cl)nn2C1c1ccc(OCc2ccc(C(C)(C)C)cc2)c(OC)c1. The zero-order valence-electron chi connectivity index (χ0n) is 26.5. The molecule has 1 aliphatic rings. The van der Waals surface area contributed by atoms with Crippen LogP contribution < -0.4 is 14.8 Å². The summed E-state index contributed by atoms with van der Waals surface area (Å²) < 4.78 is 19.3. The monoisotopic (exact) mass is 646 g/mol. The molecule has 0 amide bonds. The quantitative estimate of drug-likeness (QED) is 0.128. The number of aromatic nitrogens is 3. The lowest BCUT2D eigenvalue weighted by molar-refractivity contribution is -0.139. The number of fused-ring (bicyclic) bond motifs is 1. The van der Waals surface area contributed by atoms with Gasteiger partial charge >= 0.3 is 5.97 Å². The highest BCUT2D eigenvalue weighted by atomic mass is 35.5. The van der Waals surface area contributed by atoms with Gasteiger partial charge in [-0.25, -0.2) is 9.48 Å². The lowest BCUT2D eigenvalue weighted by atomic mass is 9.87. The molecule has 3 aromatic carbocycles. The predicted octanol–water partition coefficient (Wildman–Crippen LogP) is 8.35. The lowest BCUT2D eigenvalue weighted by Crippen LogP contribution is -2.29. The number of carbonyl (C=O) groups is 1. The summed E-state index contributed by atoms with van der Waals surface area (Å²) in [5, 5.41) is 9.34. The van der Waals surface area contributed by atoms with Crippen molar-refractivity contribution in [2.45, 2.75) is 70.0 Å². The third-order valence-electron chi connectivity index (χ3n) is 7.52. The van der Waals surface area contributed by atoms with Gasteiger partial charge in [-0.2, -0.15) is 4.98 Å². The second-order valence-corrected chi connectivity index (χ2v) is 13.2. The van der Waals surface area contributed by atoms with E-state index in [1.807, 2.05) is 56.3 Å². The standard InChI is InChI=1S/C35H39ClN4O4S/c1-7-18-43-32(41)30-22(2)37-33-38-34(45-21-25-10-8-9-11-27(25)36)39-40(33)31(30)24-14-17-28(29(19-24)42-6)44-20-23-12-15-26(16-13-23)35(3,4)5/h8-17,19,31H,7,18,20-21H2,1-6H3,(H,37,38,39). The Labute approximate surface area is 274 Å². The smallest absolute Gasteiger partial charge is 0.338 e. The normalized spacial score (nSPS) is 14.5. The molecule has 0 radical (unpaired) electrons. The van der Waals surface area contributed by atoms with Crippen LogP contribution in [0, 0.1) is 0 Å². The Kier molecular flexibility index (Phi) is 10.1. The van der Waals surface area contributed by atoms with E-state index < -0.39 is 12.0 Å². The van der Waals surface area contributed by atoms with Gasteiger partial charge in [-0.3, -0.25) is 0 Å². The minimum absolute atomic E-state index is 0.0840. The molecule has 1 N–H and O–H groups in total. The van der Waals surface area contributed by atoms with E-state index in [-0.39, 0.29) is 5.41 Å². The van der Waals surface area contributed by atoms with Gasteiger partial charge in [0, 0.05) is 16.5 Å². The molecule has 1 aliphatic heterocycles. The number of benzene rings is 3. The Bertz CT molecular complexity index is 1690. The van der Waals surface area contributed by atoms with E-state index in [1.165, 1.54) is 17.3 Å². The van der Waals surface area contributed by atoms with Crippen LogP contribution in [0.4, 0.5) is 5.95 Å². The minimum Gasteiger partial charge on any atom is -0.493 e. The first-order chi connectivity index (χ1) is 21.6. The highest BCUT2D eigenvalue weighted by Gasteiger charge is 2.36. The third kappa shape index (κ3) is 7.48. The highest BCUT2D eigenvalue weighted by Crippen LogP contribution is 2.40. The van der Waals surface area contributed by atoms with Crippen LogP contribution in [0.2, 0.25) is 5.02 Å². The van der Waals surface area contributed by atoms with Gasteiger partial charge in [-0.15, -0.1) is 5.10 Å². The highest BCUT2D eigenvalue weighted by molar-refractivity contribution is 7.98. The number of hydrogen-bond acceptors (Lipinski definition) is 8. The molecule has 2 heterocycles. The maximum absolute atomic E-state index is 13.4. The first kappa shape index (κ1) is 32.4. The number of esters is 1. The fourth-order valence-electron chi connectivity index (χ4n) is 5.03. The molecule has 1 aromatic heterocycles. The Morgan fingerprint density at radius 1 is 1.07 bits per heavy atom. The molecule has 0 aliphatic carbocycles. The van der Waals surface area contributed by atoms with Gasteiger partial charge in [0.15, 0.2) is 11.5 Å². The van der Waals surface area contributed by atoms with Gasteiger partial charge in [-0.05, 0) is 59.2 Å². The minimum atomic E-state index is -0.597. The van der Waals surface area contributed by atoms with Gasteiger partial charge in [0.2, 0.25) is 11.1 Å². The first-order valence-electron chi connectivity index (χ1n) is 15.0. The number of anilines is 1. The maximum atomic E-state index is 13.4. The molecule has 4 aromatic rings. The molecular weight excluding hydrogens is 608 g/mol. The largest absolute Gasteiger partial charge is 0.493 e. The van der Waals surface area contributed by atoms with Crippen molar-refractivity contribution in [2.75, 3.05) is 19.0 Å². The van der Waals surface area contributed by atoms with Crippen molar-refractivity contribution in [3.05, 3.63) is 105 Å². The molecular formula is C35H39ClN4O4S. The Morgan fingerprint density at radius 3 is 2.51 bits per heavy atom. The number of nitrogens with zero attached hydrogens (tertiary/aromatic N) is 3. The molecule has 1 atom stereocenters. The second-order valence-electron chi connectivity index (χ2n) is 11.9. The van der Waals surface area contributed by atoms with Gasteiger partial charge in [-0.1, -0.05) is 99.6 Å². The number of rotatable bonds is 11. The zero-order valence-corrected chi connectivity index (χ0v) is 28.1. The van der Waals surface area contributed by atoms with E-state index in [0.29, 0.717) is 64.3 Å². The van der Waals surface area contributed by atoms with Crippen molar-refractivity contribution < 1.29 is 19.0 Å². The number of thioether (sulfide) groups is 1. The predicted molar refractivity (Wildman–Crippen MR) is 179 cm³/mol. The van der Waals surface area contributed by atoms with Crippen molar-refractivity contribution >= 4 is 35.3 Å². The van der Waals surface area contributed by atoms with Gasteiger partial charge < -0.3 is 19.5 Å². The number of ether oxygens (including phenoxy) is 3. The van der Waals surface area contributed by atoms with Crippen LogP contribution in [-0.2, 0) is 27.3 Å². The summed E-state index contributed by atoms with van der Waals surface area (Å²) in [5.74, 6) is 1.87. The number of methoxy groups -OCH3 is 1. The Morgan fingerprint density at radius 2 is 1.82 bits per heavy atom. The molecule has 5 rings (SSSR count). The van der Waals surface area contributed by atoms with Crippen LogP contribution in [-0.4, -0.2) is 34.5 Å². The molecule has 45 heavy (non-hydrogen) atoms. The number of nitrogens with one attached hydrogen (secondary N) is 1. The molecule has 10 heteroatoms. The van der Waals surface area contributed by atoms with Crippen molar-refractivity contribution in [3.8, 4) is 11.5 Å². The van der Waals surface area contributed by atoms with Gasteiger partial charge in [0.25, 0.3) is 0 Å². The van der Waals surface area contributed by atoms with Gasteiger partial charge in [0.05, 0.1) is 19.3 Å². The van der Waals surface area contributed by atoms with Crippen molar-refractivity contribution in [2.24, 2.45) is 0 Å². The van der Waals surface area contributed by atoms with Crippen LogP contribution in [0.15, 0.2) is 83.2 Å². The van der Waals surface area contributed by atoms with Crippen molar-refractivity contribution in [1.82, 2.24) is 14.8 Å². The number of halogens is 1. The summed E-state index contributed by atoms with van der Waals surface area (Å²) in [4.78, 5) is 18.2. The van der Waals surface area contributed by atoms with Crippen LogP contribution in [0.5, 0.6) is 11.5 Å². The van der Waals surface area contributed by atoms with E-state index in [4.69, 9.17) is 35.9 Å². The Balaban J connectivity index is 1.44. The molecule has 8 nitrogen and oxygen atoms in total. The van der Waals surface area contributed by atoms with Crippen LogP contribution in [0.25, 0.3) is 0 Å². The van der Waals surface area contributed by atoms with Crippen LogP contribution in [0.3, 0.4) is 0 Å². The fraction of sp³-hybridized carbons (Fsp3) is 0.343. The van der Waals surface area contributed by atoms with E-state index in [2.05, 4.69) is 50.4 Å². The van der Waals surface area contributed by atoms with E-state index >= 15 is 0 Å². The fourth-order valence-corrected chi connectivity index (χ4v) is 6.15. The summed E-state index contributed by atoms with van der Waals surface area (Å²) in [6, 6.07) is 21.3. The summed E-state index contributed by atoms with van der Waals surface area (Å²) >= 11 is 7.85. The number of hydrogen-bond donors (Lipinski definition) is 1. The maximum Gasteiger partial charge on any atom is 0.338 e.